The topological polar surface area (TPSA) is 20.2 Å². The number of hydrogen-bond donors (Lipinski definition) is 1. The molecule has 0 saturated carbocycles. The summed E-state index contributed by atoms with van der Waals surface area (Å²) in [5.74, 6) is 1.12. The van der Waals surface area contributed by atoms with E-state index < -0.39 is 14.7 Å². The first-order chi connectivity index (χ1) is 8.15. The fourth-order valence-electron chi connectivity index (χ4n) is 1.97. The summed E-state index contributed by atoms with van der Waals surface area (Å²) in [5, 5.41) is 9.31. The Morgan fingerprint density at radius 3 is 1.41 bits per heavy atom. The first-order valence-corrected chi connectivity index (χ1v) is 11.7. The molecule has 0 fully saturated rings. The van der Waals surface area contributed by atoms with Crippen LogP contribution in [0.1, 0.15) is 0 Å². The first kappa shape index (κ1) is 15.6. The molecule has 0 bridgehead atoms. The van der Waals surface area contributed by atoms with Gasteiger partial charge in [0.15, 0.2) is 0 Å². The van der Waals surface area contributed by atoms with Crippen molar-refractivity contribution >= 4 is 27.9 Å². The molecule has 2 aliphatic rings. The van der Waals surface area contributed by atoms with Gasteiger partial charge in [0, 0.05) is 24.4 Å². The number of allylic oxidation sites excluding steroid dienone is 8. The Morgan fingerprint density at radius 1 is 0.882 bits per heavy atom. The van der Waals surface area contributed by atoms with Crippen molar-refractivity contribution in [1.82, 2.24) is 0 Å². The van der Waals surface area contributed by atoms with Crippen LogP contribution in [0.3, 0.4) is 0 Å². The summed E-state index contributed by atoms with van der Waals surface area (Å²) in [4.78, 5) is 0. The second-order valence-electron chi connectivity index (χ2n) is 3.76. The van der Waals surface area contributed by atoms with Crippen molar-refractivity contribution in [2.24, 2.45) is 17.8 Å². The monoisotopic (exact) mass is 327 g/mol. The molecule has 2 aliphatic carbocycles. The zero-order chi connectivity index (χ0) is 12.7. The van der Waals surface area contributed by atoms with E-state index in [1.165, 1.54) is 0 Å². The summed E-state index contributed by atoms with van der Waals surface area (Å²) in [7, 11) is 14.9. The molecule has 0 unspecified atom stereocenters. The zero-order valence-corrected chi connectivity index (χ0v) is 13.0. The van der Waals surface area contributed by atoms with Gasteiger partial charge < -0.3 is 5.11 Å². The van der Waals surface area contributed by atoms with Crippen LogP contribution in [0.4, 0.5) is 0 Å². The normalized spacial score (nSPS) is 17.9. The predicted octanol–water partition coefficient (Wildman–Crippen LogP) is 4.15. The van der Waals surface area contributed by atoms with E-state index >= 15 is 0 Å². The third-order valence-corrected chi connectivity index (χ3v) is 2.76. The Hall–Kier alpha value is 0.504. The van der Waals surface area contributed by atoms with Crippen molar-refractivity contribution < 1.29 is 19.8 Å². The van der Waals surface area contributed by atoms with Crippen LogP contribution in [0, 0.1) is 17.8 Å². The molecule has 0 saturated heterocycles. The van der Waals surface area contributed by atoms with Gasteiger partial charge in [-0.3, -0.25) is 0 Å². The average Bonchev–Trinajstić information content (AvgIpc) is 2.89. The van der Waals surface area contributed by atoms with Gasteiger partial charge in [0.25, 0.3) is 0 Å². The SMILES string of the molecule is OCC(C1C=CC=C1)C1C=CC=C1.[Cl][Ti]([Cl])[Cl]. The van der Waals surface area contributed by atoms with Gasteiger partial charge in [-0.2, -0.15) is 0 Å². The van der Waals surface area contributed by atoms with Crippen molar-refractivity contribution in [3.05, 3.63) is 48.6 Å². The molecule has 0 aromatic rings. The summed E-state index contributed by atoms with van der Waals surface area (Å²) in [6, 6.07) is 0. The second kappa shape index (κ2) is 8.58. The first-order valence-electron chi connectivity index (χ1n) is 5.29. The van der Waals surface area contributed by atoms with Gasteiger partial charge in [-0.05, 0) is 0 Å². The molecule has 0 atom stereocenters. The molecule has 0 radical (unpaired) electrons. The molecular weight excluding hydrogens is 314 g/mol. The van der Waals surface area contributed by atoms with Crippen LogP contribution in [-0.2, 0) is 14.7 Å². The summed E-state index contributed by atoms with van der Waals surface area (Å²) in [6.07, 6.45) is 16.8. The molecule has 17 heavy (non-hydrogen) atoms. The van der Waals surface area contributed by atoms with Crippen molar-refractivity contribution in [2.45, 2.75) is 0 Å². The van der Waals surface area contributed by atoms with E-state index in [0.717, 1.165) is 0 Å². The van der Waals surface area contributed by atoms with Crippen molar-refractivity contribution in [3.8, 4) is 0 Å². The quantitative estimate of drug-likeness (QED) is 0.772. The van der Waals surface area contributed by atoms with Crippen molar-refractivity contribution in [3.63, 3.8) is 0 Å². The zero-order valence-electron chi connectivity index (χ0n) is 9.14. The molecule has 0 aromatic carbocycles. The van der Waals surface area contributed by atoms with Crippen molar-refractivity contribution in [2.75, 3.05) is 6.61 Å². The van der Waals surface area contributed by atoms with Crippen LogP contribution in [0.15, 0.2) is 48.6 Å². The Labute approximate surface area is 120 Å². The standard InChI is InChI=1S/C12H14O.3ClH.Ti/c13-9-12(10-5-1-2-6-10)11-7-3-4-8-11;;;;/h1-8,10-13H,9H2;3*1H;/q;;;;+3/p-3. The average molecular weight is 328 g/mol. The van der Waals surface area contributed by atoms with Crippen LogP contribution in [0.5, 0.6) is 0 Å². The molecule has 0 aromatic heterocycles. The number of rotatable bonds is 3. The Bertz CT molecular complexity index is 282. The Balaban J connectivity index is 0.000000317. The Morgan fingerprint density at radius 2 is 1.18 bits per heavy atom. The van der Waals surface area contributed by atoms with E-state index in [-0.39, 0.29) is 6.61 Å². The maximum atomic E-state index is 9.31. The van der Waals surface area contributed by atoms with Gasteiger partial charge >= 0.3 is 42.6 Å². The fraction of sp³-hybridized carbons (Fsp3) is 0.333. The van der Waals surface area contributed by atoms with Gasteiger partial charge in [-0.25, -0.2) is 0 Å². The molecule has 2 rings (SSSR count). The van der Waals surface area contributed by atoms with Gasteiger partial charge in [-0.1, -0.05) is 48.6 Å². The van der Waals surface area contributed by atoms with E-state index in [4.69, 9.17) is 27.9 Å². The van der Waals surface area contributed by atoms with E-state index in [9.17, 15) is 5.11 Å². The van der Waals surface area contributed by atoms with Gasteiger partial charge in [-0.15, -0.1) is 0 Å². The fourth-order valence-corrected chi connectivity index (χ4v) is 1.97. The minimum atomic E-state index is -1.92. The number of aliphatic hydroxyl groups excluding tert-OH is 1. The van der Waals surface area contributed by atoms with Crippen LogP contribution < -0.4 is 0 Å². The molecule has 0 aliphatic heterocycles. The van der Waals surface area contributed by atoms with E-state index in [0.29, 0.717) is 17.8 Å². The molecule has 5 heteroatoms. The molecule has 1 nitrogen and oxygen atoms in total. The van der Waals surface area contributed by atoms with Gasteiger partial charge in [0.2, 0.25) is 0 Å². The van der Waals surface area contributed by atoms with Crippen LogP contribution >= 0.6 is 27.9 Å². The molecule has 0 heterocycles. The molecule has 1 N–H and O–H groups in total. The molecule has 0 amide bonds. The van der Waals surface area contributed by atoms with Gasteiger partial charge in [0.1, 0.15) is 0 Å². The third-order valence-electron chi connectivity index (χ3n) is 2.76. The van der Waals surface area contributed by atoms with Crippen LogP contribution in [0.25, 0.3) is 0 Å². The van der Waals surface area contributed by atoms with E-state index in [2.05, 4.69) is 48.6 Å². The number of halogens is 3. The number of aliphatic hydroxyl groups is 1. The molecule has 0 spiro atoms. The summed E-state index contributed by atoms with van der Waals surface area (Å²) < 4.78 is 0. The van der Waals surface area contributed by atoms with Crippen molar-refractivity contribution in [1.29, 1.82) is 0 Å². The maximum absolute atomic E-state index is 9.31. The minimum absolute atomic E-state index is 0.249. The van der Waals surface area contributed by atoms with Crippen LogP contribution in [-0.4, -0.2) is 11.7 Å². The predicted molar refractivity (Wildman–Crippen MR) is 71.7 cm³/mol. The summed E-state index contributed by atoms with van der Waals surface area (Å²) in [5.41, 5.74) is 0. The van der Waals surface area contributed by atoms with E-state index in [1.54, 1.807) is 0 Å². The Kier molecular flexibility index (Phi) is 7.85. The molecule has 93 valence electrons. The second-order valence-corrected chi connectivity index (χ2v) is 11.5. The van der Waals surface area contributed by atoms with Crippen LogP contribution in [0.2, 0.25) is 0 Å². The number of hydrogen-bond acceptors (Lipinski definition) is 1. The van der Waals surface area contributed by atoms with E-state index in [1.807, 2.05) is 0 Å². The summed E-state index contributed by atoms with van der Waals surface area (Å²) >= 11 is -1.92. The van der Waals surface area contributed by atoms with Gasteiger partial charge in [0.05, 0.1) is 0 Å². The molecular formula is C12H14Cl3OTi. The third kappa shape index (κ3) is 5.78. The summed E-state index contributed by atoms with van der Waals surface area (Å²) in [6.45, 7) is 0.249.